The number of esters is 1. The molecular formula is C29H48O7. The highest BCUT2D eigenvalue weighted by atomic mass is 16.7. The molecule has 0 aromatic heterocycles. The number of carbonyl (C=O) groups excluding carboxylic acids is 1. The number of hydrogen-bond acceptors (Lipinski definition) is 7. The maximum absolute atomic E-state index is 12.4. The molecule has 0 saturated heterocycles. The third-order valence-corrected chi connectivity index (χ3v) is 6.32. The summed E-state index contributed by atoms with van der Waals surface area (Å²) in [7, 11) is 6.67. The summed E-state index contributed by atoms with van der Waals surface area (Å²) in [5.74, 6) is -0.121. The minimum Gasteiger partial charge on any atom is -0.508 e. The van der Waals surface area contributed by atoms with Crippen LogP contribution >= 0.6 is 0 Å². The Morgan fingerprint density at radius 1 is 0.694 bits per heavy atom. The lowest BCUT2D eigenvalue weighted by Crippen LogP contribution is -2.17. The van der Waals surface area contributed by atoms with Crippen LogP contribution in [0.3, 0.4) is 0 Å². The van der Waals surface area contributed by atoms with Crippen LogP contribution in [-0.4, -0.2) is 58.2 Å². The van der Waals surface area contributed by atoms with Crippen LogP contribution in [0.2, 0.25) is 0 Å². The largest absolute Gasteiger partial charge is 0.508 e. The van der Waals surface area contributed by atoms with Crippen molar-refractivity contribution in [2.75, 3.05) is 28.4 Å². The van der Waals surface area contributed by atoms with Crippen molar-refractivity contribution in [3.63, 3.8) is 0 Å². The number of ether oxygens (including phenoxy) is 5. The zero-order valence-electron chi connectivity index (χ0n) is 22.8. The van der Waals surface area contributed by atoms with E-state index < -0.39 is 0 Å². The fourth-order valence-electron chi connectivity index (χ4n) is 4.13. The molecular weight excluding hydrogens is 460 g/mol. The molecule has 1 rings (SSSR count). The molecule has 7 nitrogen and oxygen atoms in total. The van der Waals surface area contributed by atoms with Gasteiger partial charge in [0.05, 0.1) is 0 Å². The van der Waals surface area contributed by atoms with Crippen molar-refractivity contribution in [2.24, 2.45) is 0 Å². The van der Waals surface area contributed by atoms with E-state index in [0.29, 0.717) is 0 Å². The monoisotopic (exact) mass is 508 g/mol. The van der Waals surface area contributed by atoms with Gasteiger partial charge in [-0.15, -0.1) is 0 Å². The molecule has 1 N–H and O–H groups in total. The molecule has 36 heavy (non-hydrogen) atoms. The first kappa shape index (κ1) is 32.1. The third kappa shape index (κ3) is 15.9. The summed E-state index contributed by atoms with van der Waals surface area (Å²) in [4.78, 5) is 12.4. The van der Waals surface area contributed by atoms with Crippen LogP contribution < -0.4 is 0 Å². The van der Waals surface area contributed by atoms with E-state index in [2.05, 4.69) is 0 Å². The van der Waals surface area contributed by atoms with Crippen LogP contribution in [0.25, 0.3) is 6.08 Å². The van der Waals surface area contributed by atoms with E-state index in [4.69, 9.17) is 23.7 Å². The van der Waals surface area contributed by atoms with Crippen LogP contribution in [0, 0.1) is 0 Å². The van der Waals surface area contributed by atoms with Crippen molar-refractivity contribution >= 4 is 12.0 Å². The fraction of sp³-hybridized carbons (Fsp3) is 0.690. The van der Waals surface area contributed by atoms with Crippen molar-refractivity contribution < 1.29 is 33.6 Å². The fourth-order valence-corrected chi connectivity index (χ4v) is 4.13. The smallest absolute Gasteiger partial charge is 0.331 e. The minimum atomic E-state index is -0.322. The number of phenols is 1. The molecule has 1 aromatic carbocycles. The van der Waals surface area contributed by atoms with Crippen molar-refractivity contribution in [1.82, 2.24) is 0 Å². The lowest BCUT2D eigenvalue weighted by molar-refractivity contribution is -0.143. The normalized spacial score (nSPS) is 12.6. The number of rotatable bonds is 22. The Hall–Kier alpha value is -1.93. The van der Waals surface area contributed by atoms with E-state index in [1.807, 2.05) is 0 Å². The summed E-state index contributed by atoms with van der Waals surface area (Å²) in [6.45, 7) is 0. The standard InChI is InChI=1S/C29H48O7/c1-32-28(33-2)16-12-8-6-5-7-10-14-26(15-11-9-13-17-29(34-3)35-4)36-27(31)23-20-24-18-21-25(30)22-19-24/h18-23,26,28-30H,5-17H2,1-4H3/b23-20+/t26-/m1/s1. The molecule has 0 fully saturated rings. The molecule has 0 heterocycles. The molecule has 0 aliphatic rings. The number of phenolic OH excluding ortho intramolecular Hbond substituents is 1. The molecule has 0 unspecified atom stereocenters. The minimum absolute atomic E-state index is 0.0771. The first-order valence-corrected chi connectivity index (χ1v) is 13.3. The van der Waals surface area contributed by atoms with Crippen molar-refractivity contribution in [1.29, 1.82) is 0 Å². The third-order valence-electron chi connectivity index (χ3n) is 6.32. The quantitative estimate of drug-likeness (QED) is 0.0815. The summed E-state index contributed by atoms with van der Waals surface area (Å²) >= 11 is 0. The molecule has 0 spiro atoms. The summed E-state index contributed by atoms with van der Waals surface area (Å²) in [6.07, 6.45) is 16.3. The number of hydrogen-bond donors (Lipinski definition) is 1. The van der Waals surface area contributed by atoms with Crippen LogP contribution in [0.1, 0.15) is 89.0 Å². The van der Waals surface area contributed by atoms with E-state index >= 15 is 0 Å². The summed E-state index contributed by atoms with van der Waals surface area (Å²) < 4.78 is 26.8. The Bertz CT molecular complexity index is 681. The van der Waals surface area contributed by atoms with Gasteiger partial charge in [0.25, 0.3) is 0 Å². The van der Waals surface area contributed by atoms with Crippen molar-refractivity contribution in [3.8, 4) is 5.75 Å². The molecule has 0 bridgehead atoms. The average molecular weight is 509 g/mol. The lowest BCUT2D eigenvalue weighted by atomic mass is 10.0. The van der Waals surface area contributed by atoms with Gasteiger partial charge in [-0.3, -0.25) is 0 Å². The molecule has 0 radical (unpaired) electrons. The van der Waals surface area contributed by atoms with Crippen molar-refractivity contribution in [2.45, 2.75) is 102 Å². The summed E-state index contributed by atoms with van der Waals surface area (Å²) in [5.41, 5.74) is 0.842. The van der Waals surface area contributed by atoms with Gasteiger partial charge in [-0.1, -0.05) is 44.2 Å². The second-order valence-corrected chi connectivity index (χ2v) is 9.12. The molecule has 0 aliphatic carbocycles. The van der Waals surface area contributed by atoms with Gasteiger partial charge in [0.1, 0.15) is 11.9 Å². The van der Waals surface area contributed by atoms with Gasteiger partial charge in [0.15, 0.2) is 12.6 Å². The molecule has 1 atom stereocenters. The van der Waals surface area contributed by atoms with Gasteiger partial charge in [-0.2, -0.15) is 0 Å². The van der Waals surface area contributed by atoms with E-state index in [1.165, 1.54) is 25.3 Å². The topological polar surface area (TPSA) is 83.5 Å². The van der Waals surface area contributed by atoms with Crippen LogP contribution in [-0.2, 0) is 28.5 Å². The number of unbranched alkanes of at least 4 members (excludes halogenated alkanes) is 7. The number of carbonyl (C=O) groups is 1. The molecule has 7 heteroatoms. The highest BCUT2D eigenvalue weighted by Crippen LogP contribution is 2.18. The Morgan fingerprint density at radius 3 is 1.58 bits per heavy atom. The Balaban J connectivity index is 2.39. The van der Waals surface area contributed by atoms with E-state index in [1.54, 1.807) is 58.8 Å². The van der Waals surface area contributed by atoms with Crippen LogP contribution in [0.4, 0.5) is 0 Å². The lowest BCUT2D eigenvalue weighted by Gasteiger charge is -2.18. The first-order valence-electron chi connectivity index (χ1n) is 13.3. The first-order chi connectivity index (χ1) is 17.5. The molecule has 0 aliphatic heterocycles. The summed E-state index contributed by atoms with van der Waals surface area (Å²) in [6, 6.07) is 6.71. The van der Waals surface area contributed by atoms with Gasteiger partial charge >= 0.3 is 5.97 Å². The highest BCUT2D eigenvalue weighted by Gasteiger charge is 2.13. The average Bonchev–Trinajstić information content (AvgIpc) is 2.89. The second-order valence-electron chi connectivity index (χ2n) is 9.12. The maximum atomic E-state index is 12.4. The van der Waals surface area contributed by atoms with Crippen molar-refractivity contribution in [3.05, 3.63) is 35.9 Å². The Morgan fingerprint density at radius 2 is 1.11 bits per heavy atom. The summed E-state index contributed by atoms with van der Waals surface area (Å²) in [5, 5.41) is 9.40. The van der Waals surface area contributed by atoms with Gasteiger partial charge in [0, 0.05) is 34.5 Å². The molecule has 0 amide bonds. The zero-order valence-corrected chi connectivity index (χ0v) is 22.8. The SMILES string of the molecule is COC(CCCCCCCC[C@H](CCCCCC(OC)OC)OC(=O)/C=C/c1ccc(O)cc1)OC. The van der Waals surface area contributed by atoms with Gasteiger partial charge in [-0.05, 0) is 75.1 Å². The predicted molar refractivity (Wildman–Crippen MR) is 143 cm³/mol. The maximum Gasteiger partial charge on any atom is 0.331 e. The van der Waals surface area contributed by atoms with Gasteiger partial charge < -0.3 is 28.8 Å². The predicted octanol–water partition coefficient (Wildman–Crippen LogP) is 6.63. The highest BCUT2D eigenvalue weighted by molar-refractivity contribution is 5.87. The molecule has 0 saturated carbocycles. The van der Waals surface area contributed by atoms with Gasteiger partial charge in [-0.25, -0.2) is 4.79 Å². The molecule has 206 valence electrons. The van der Waals surface area contributed by atoms with Crippen LogP contribution in [0.5, 0.6) is 5.75 Å². The van der Waals surface area contributed by atoms with Crippen LogP contribution in [0.15, 0.2) is 30.3 Å². The van der Waals surface area contributed by atoms with Gasteiger partial charge in [0.2, 0.25) is 0 Å². The number of benzene rings is 1. The van der Waals surface area contributed by atoms with E-state index in [9.17, 15) is 9.90 Å². The number of methoxy groups -OCH3 is 4. The Kier molecular flexibility index (Phi) is 18.9. The zero-order chi connectivity index (χ0) is 26.4. The number of aromatic hydroxyl groups is 1. The van der Waals surface area contributed by atoms with E-state index in [0.717, 1.165) is 69.8 Å². The molecule has 1 aromatic rings. The second kappa shape index (κ2) is 21.2. The Labute approximate surface area is 218 Å². The van der Waals surface area contributed by atoms with E-state index in [-0.39, 0.29) is 30.4 Å².